The van der Waals surface area contributed by atoms with E-state index in [1.165, 1.54) is 11.3 Å². The number of anilines is 1. The van der Waals surface area contributed by atoms with Gasteiger partial charge in [-0.2, -0.15) is 0 Å². The minimum atomic E-state index is -0.307. The summed E-state index contributed by atoms with van der Waals surface area (Å²) < 4.78 is 0. The molecule has 0 aromatic carbocycles. The van der Waals surface area contributed by atoms with Gasteiger partial charge in [-0.3, -0.25) is 14.9 Å². The van der Waals surface area contributed by atoms with Gasteiger partial charge < -0.3 is 4.98 Å². The molecule has 0 bridgehead atoms. The number of H-pyrrole nitrogens is 1. The zero-order valence-corrected chi connectivity index (χ0v) is 8.38. The molecule has 15 heavy (non-hydrogen) atoms. The van der Waals surface area contributed by atoms with Gasteiger partial charge in [-0.25, -0.2) is 4.98 Å². The third-order valence-electron chi connectivity index (χ3n) is 1.73. The number of carbonyl (C=O) groups excluding carboxylic acids is 2. The SMILES string of the molecule is O=Cc1ccc(C(=O)Nc2nccs2)[nH]1. The Hall–Kier alpha value is -1.95. The quantitative estimate of drug-likeness (QED) is 0.772. The van der Waals surface area contributed by atoms with Crippen LogP contribution in [0.2, 0.25) is 0 Å². The molecule has 0 saturated carbocycles. The molecular formula is C9H7N3O2S. The Bertz CT molecular complexity index is 475. The number of carbonyl (C=O) groups is 2. The Morgan fingerprint density at radius 2 is 2.40 bits per heavy atom. The summed E-state index contributed by atoms with van der Waals surface area (Å²) in [6.45, 7) is 0. The number of aromatic amines is 1. The third-order valence-corrected chi connectivity index (χ3v) is 2.42. The average molecular weight is 221 g/mol. The van der Waals surface area contributed by atoms with Crippen LogP contribution in [0.3, 0.4) is 0 Å². The monoisotopic (exact) mass is 221 g/mol. The fraction of sp³-hybridized carbons (Fsp3) is 0. The van der Waals surface area contributed by atoms with E-state index in [9.17, 15) is 9.59 Å². The van der Waals surface area contributed by atoms with Crippen molar-refractivity contribution in [2.24, 2.45) is 0 Å². The van der Waals surface area contributed by atoms with Gasteiger partial charge in [0.15, 0.2) is 11.4 Å². The first-order valence-corrected chi connectivity index (χ1v) is 5.02. The lowest BCUT2D eigenvalue weighted by Crippen LogP contribution is -2.12. The van der Waals surface area contributed by atoms with Crippen LogP contribution >= 0.6 is 11.3 Å². The predicted molar refractivity (Wildman–Crippen MR) is 56.2 cm³/mol. The highest BCUT2D eigenvalue weighted by molar-refractivity contribution is 7.13. The van der Waals surface area contributed by atoms with E-state index in [0.717, 1.165) is 0 Å². The van der Waals surface area contributed by atoms with Gasteiger partial charge in [0.25, 0.3) is 5.91 Å². The normalized spacial score (nSPS) is 9.87. The number of thiazole rings is 1. The lowest BCUT2D eigenvalue weighted by molar-refractivity contribution is 0.102. The Kier molecular flexibility index (Phi) is 2.59. The molecule has 0 aliphatic heterocycles. The first-order valence-electron chi connectivity index (χ1n) is 4.14. The lowest BCUT2D eigenvalue weighted by Gasteiger charge is -1.97. The van der Waals surface area contributed by atoms with Gasteiger partial charge in [0, 0.05) is 11.6 Å². The highest BCUT2D eigenvalue weighted by Crippen LogP contribution is 2.11. The molecule has 0 saturated heterocycles. The first kappa shape index (κ1) is 9.60. The van der Waals surface area contributed by atoms with E-state index < -0.39 is 0 Å². The highest BCUT2D eigenvalue weighted by atomic mass is 32.1. The van der Waals surface area contributed by atoms with Crippen molar-refractivity contribution in [3.63, 3.8) is 0 Å². The van der Waals surface area contributed by atoms with Gasteiger partial charge >= 0.3 is 0 Å². The molecule has 5 nitrogen and oxygen atoms in total. The van der Waals surface area contributed by atoms with Crippen molar-refractivity contribution in [3.8, 4) is 0 Å². The van der Waals surface area contributed by atoms with Crippen LogP contribution in [0.4, 0.5) is 5.13 Å². The average Bonchev–Trinajstić information content (AvgIpc) is 2.86. The highest BCUT2D eigenvalue weighted by Gasteiger charge is 2.09. The van der Waals surface area contributed by atoms with E-state index in [0.29, 0.717) is 22.8 Å². The molecule has 76 valence electrons. The molecule has 2 rings (SSSR count). The first-order chi connectivity index (χ1) is 7.29. The maximum atomic E-state index is 11.5. The fourth-order valence-corrected chi connectivity index (χ4v) is 1.59. The Balaban J connectivity index is 2.11. The lowest BCUT2D eigenvalue weighted by atomic mass is 10.4. The second kappa shape index (κ2) is 4.05. The van der Waals surface area contributed by atoms with Crippen molar-refractivity contribution in [1.29, 1.82) is 0 Å². The minimum Gasteiger partial charge on any atom is -0.348 e. The van der Waals surface area contributed by atoms with Gasteiger partial charge in [-0.05, 0) is 12.1 Å². The van der Waals surface area contributed by atoms with E-state index >= 15 is 0 Å². The van der Waals surface area contributed by atoms with Gasteiger partial charge in [0.05, 0.1) is 5.69 Å². The van der Waals surface area contributed by atoms with Crippen molar-refractivity contribution >= 4 is 28.7 Å². The Morgan fingerprint density at radius 3 is 3.00 bits per heavy atom. The zero-order valence-electron chi connectivity index (χ0n) is 7.56. The van der Waals surface area contributed by atoms with Gasteiger partial charge in [-0.1, -0.05) is 0 Å². The number of nitrogens with zero attached hydrogens (tertiary/aromatic N) is 1. The second-order valence-electron chi connectivity index (χ2n) is 2.74. The minimum absolute atomic E-state index is 0.307. The van der Waals surface area contributed by atoms with E-state index in [2.05, 4.69) is 15.3 Å². The van der Waals surface area contributed by atoms with Crippen molar-refractivity contribution in [3.05, 3.63) is 35.1 Å². The summed E-state index contributed by atoms with van der Waals surface area (Å²) >= 11 is 1.33. The van der Waals surface area contributed by atoms with Crippen LogP contribution in [0.5, 0.6) is 0 Å². The van der Waals surface area contributed by atoms with Crippen LogP contribution in [0.15, 0.2) is 23.7 Å². The van der Waals surface area contributed by atoms with E-state index in [1.54, 1.807) is 23.7 Å². The van der Waals surface area contributed by atoms with Crippen molar-refractivity contribution in [2.75, 3.05) is 5.32 Å². The van der Waals surface area contributed by atoms with E-state index in [1.807, 2.05) is 0 Å². The van der Waals surface area contributed by atoms with Crippen LogP contribution in [0, 0.1) is 0 Å². The van der Waals surface area contributed by atoms with Gasteiger partial charge in [0.1, 0.15) is 5.69 Å². The number of aldehydes is 1. The molecule has 0 aliphatic carbocycles. The molecule has 2 heterocycles. The van der Waals surface area contributed by atoms with Crippen LogP contribution in [-0.2, 0) is 0 Å². The van der Waals surface area contributed by atoms with E-state index in [4.69, 9.17) is 0 Å². The molecule has 2 aromatic heterocycles. The topological polar surface area (TPSA) is 74.8 Å². The number of nitrogens with one attached hydrogen (secondary N) is 2. The van der Waals surface area contributed by atoms with Crippen LogP contribution < -0.4 is 5.32 Å². The smallest absolute Gasteiger partial charge is 0.273 e. The summed E-state index contributed by atoms with van der Waals surface area (Å²) in [7, 11) is 0. The molecule has 0 atom stereocenters. The predicted octanol–water partition coefficient (Wildman–Crippen LogP) is 1.54. The maximum absolute atomic E-state index is 11.5. The summed E-state index contributed by atoms with van der Waals surface area (Å²) in [6.07, 6.45) is 2.26. The summed E-state index contributed by atoms with van der Waals surface area (Å²) in [4.78, 5) is 28.5. The van der Waals surface area contributed by atoms with Gasteiger partial charge in [0.2, 0.25) is 0 Å². The fourth-order valence-electron chi connectivity index (χ4n) is 1.06. The molecule has 0 unspecified atom stereocenters. The van der Waals surface area contributed by atoms with Crippen molar-refractivity contribution in [1.82, 2.24) is 9.97 Å². The van der Waals surface area contributed by atoms with Crippen LogP contribution in [0.25, 0.3) is 0 Å². The van der Waals surface area contributed by atoms with Crippen LogP contribution in [0.1, 0.15) is 21.0 Å². The molecule has 2 N–H and O–H groups in total. The molecular weight excluding hydrogens is 214 g/mol. The molecule has 1 amide bonds. The number of hydrogen-bond donors (Lipinski definition) is 2. The molecule has 6 heteroatoms. The maximum Gasteiger partial charge on any atom is 0.273 e. The Labute approximate surface area is 89.2 Å². The van der Waals surface area contributed by atoms with E-state index in [-0.39, 0.29) is 5.91 Å². The summed E-state index contributed by atoms with van der Waals surface area (Å²) in [5.74, 6) is -0.307. The largest absolute Gasteiger partial charge is 0.348 e. The van der Waals surface area contributed by atoms with Crippen molar-refractivity contribution in [2.45, 2.75) is 0 Å². The number of amides is 1. The van der Waals surface area contributed by atoms with Gasteiger partial charge in [-0.15, -0.1) is 11.3 Å². The number of rotatable bonds is 3. The third kappa shape index (κ3) is 2.10. The molecule has 0 radical (unpaired) electrons. The van der Waals surface area contributed by atoms with Crippen molar-refractivity contribution < 1.29 is 9.59 Å². The zero-order chi connectivity index (χ0) is 10.7. The molecule has 0 spiro atoms. The summed E-state index contributed by atoms with van der Waals surface area (Å²) in [5, 5.41) is 4.89. The standard InChI is InChI=1S/C9H7N3O2S/c13-5-6-1-2-7(11-6)8(14)12-9-10-3-4-15-9/h1-5,11H,(H,10,12,14). The number of hydrogen-bond acceptors (Lipinski definition) is 4. The molecule has 2 aromatic rings. The summed E-state index contributed by atoms with van der Waals surface area (Å²) in [6, 6.07) is 3.09. The molecule has 0 fully saturated rings. The number of aromatic nitrogens is 2. The second-order valence-corrected chi connectivity index (χ2v) is 3.63. The molecule has 0 aliphatic rings. The van der Waals surface area contributed by atoms with Crippen LogP contribution in [-0.4, -0.2) is 22.2 Å². The Morgan fingerprint density at radius 1 is 1.53 bits per heavy atom. The summed E-state index contributed by atoms with van der Waals surface area (Å²) in [5.41, 5.74) is 0.714.